The zero-order valence-electron chi connectivity index (χ0n) is 19.9. The molecule has 0 atom stereocenters. The average molecular weight is 534 g/mol. The van der Waals surface area contributed by atoms with Crippen molar-refractivity contribution in [2.75, 3.05) is 17.7 Å². The predicted octanol–water partition coefficient (Wildman–Crippen LogP) is 4.69. The largest absolute Gasteiger partial charge is 0.462 e. The molecule has 0 aromatic carbocycles. The van der Waals surface area contributed by atoms with Gasteiger partial charge in [-0.3, -0.25) is 14.2 Å². The Hall–Kier alpha value is -2.96. The van der Waals surface area contributed by atoms with Crippen molar-refractivity contribution >= 4 is 57.2 Å². The molecule has 3 rings (SSSR count). The van der Waals surface area contributed by atoms with Gasteiger partial charge in [0.05, 0.1) is 22.8 Å². The molecule has 0 radical (unpaired) electrons. The fraction of sp³-hybridized carbons (Fsp3) is 0.348. The number of anilines is 1. The molecule has 3 heterocycles. The maximum atomic E-state index is 12.8. The van der Waals surface area contributed by atoms with Crippen LogP contribution < -0.4 is 11.1 Å². The van der Waals surface area contributed by atoms with E-state index in [0.29, 0.717) is 29.0 Å². The van der Waals surface area contributed by atoms with E-state index in [-0.39, 0.29) is 33.7 Å². The van der Waals surface area contributed by atoms with Crippen molar-refractivity contribution in [3.63, 3.8) is 0 Å². The van der Waals surface area contributed by atoms with Crippen molar-refractivity contribution in [3.05, 3.63) is 45.0 Å². The summed E-state index contributed by atoms with van der Waals surface area (Å²) in [4.78, 5) is 38.4. The fourth-order valence-electron chi connectivity index (χ4n) is 3.25. The van der Waals surface area contributed by atoms with Crippen LogP contribution in [0.1, 0.15) is 57.2 Å². The zero-order chi connectivity index (χ0) is 25.7. The van der Waals surface area contributed by atoms with Gasteiger partial charge < -0.3 is 15.8 Å². The topological polar surface area (TPSA) is 129 Å². The highest BCUT2D eigenvalue weighted by molar-refractivity contribution is 7.99. The van der Waals surface area contributed by atoms with Crippen molar-refractivity contribution in [1.82, 2.24) is 14.8 Å². The van der Waals surface area contributed by atoms with Crippen LogP contribution in [0.2, 0.25) is 0 Å². The first-order valence-electron chi connectivity index (χ1n) is 10.8. The summed E-state index contributed by atoms with van der Waals surface area (Å²) in [7, 11) is 0. The van der Waals surface area contributed by atoms with E-state index in [1.807, 2.05) is 9.95 Å². The second-order valence-electron chi connectivity index (χ2n) is 7.78. The summed E-state index contributed by atoms with van der Waals surface area (Å²) in [6.07, 6.45) is 1.75. The maximum absolute atomic E-state index is 12.8. The first kappa shape index (κ1) is 26.6. The molecule has 3 aromatic heterocycles. The first-order chi connectivity index (χ1) is 16.7. The number of allylic oxidation sites excluding steroid dienone is 1. The van der Waals surface area contributed by atoms with Crippen molar-refractivity contribution < 1.29 is 19.1 Å². The molecule has 0 saturated carbocycles. The second kappa shape index (κ2) is 11.6. The third-order valence-electron chi connectivity index (χ3n) is 4.91. The van der Waals surface area contributed by atoms with E-state index in [0.717, 1.165) is 16.9 Å². The number of carbonyl (C=O) groups is 3. The molecule has 0 spiro atoms. The SMILES string of the molecule is C=CCn1c(SCC(=O)Nc2sc(C(N)=O)c(C)c2C(=O)OCC)nnc1-c1csc(C(C)C)c1. The summed E-state index contributed by atoms with van der Waals surface area (Å²) in [5.41, 5.74) is 6.92. The van der Waals surface area contributed by atoms with Crippen LogP contribution in [0, 0.1) is 6.92 Å². The van der Waals surface area contributed by atoms with Gasteiger partial charge in [-0.25, -0.2) is 4.79 Å². The minimum absolute atomic E-state index is 0.0152. The van der Waals surface area contributed by atoms with Crippen LogP contribution >= 0.6 is 34.4 Å². The van der Waals surface area contributed by atoms with Crippen molar-refractivity contribution in [2.45, 2.75) is 45.3 Å². The minimum Gasteiger partial charge on any atom is -0.462 e. The Morgan fingerprint density at radius 3 is 2.69 bits per heavy atom. The summed E-state index contributed by atoms with van der Waals surface area (Å²) in [5, 5.41) is 14.2. The van der Waals surface area contributed by atoms with Crippen molar-refractivity contribution in [1.29, 1.82) is 0 Å². The number of amides is 2. The van der Waals surface area contributed by atoms with Gasteiger partial charge in [0.15, 0.2) is 11.0 Å². The highest BCUT2D eigenvalue weighted by atomic mass is 32.2. The van der Waals surface area contributed by atoms with Crippen LogP contribution in [0.4, 0.5) is 5.00 Å². The van der Waals surface area contributed by atoms with E-state index < -0.39 is 11.9 Å². The average Bonchev–Trinajstić information content (AvgIpc) is 3.50. The van der Waals surface area contributed by atoms with Gasteiger partial charge in [-0.15, -0.1) is 39.4 Å². The molecule has 186 valence electrons. The number of hydrogen-bond donors (Lipinski definition) is 2. The van der Waals surface area contributed by atoms with Crippen LogP contribution in [-0.2, 0) is 16.1 Å². The lowest BCUT2D eigenvalue weighted by Crippen LogP contribution is -2.17. The Bertz CT molecular complexity index is 1260. The number of primary amides is 1. The molecule has 0 aliphatic carbocycles. The number of rotatable bonds is 11. The molecular formula is C23H27N5O4S3. The molecule has 2 amide bonds. The Kier molecular flexibility index (Phi) is 8.87. The lowest BCUT2D eigenvalue weighted by molar-refractivity contribution is -0.113. The molecule has 3 aromatic rings. The Labute approximate surface area is 215 Å². The van der Waals surface area contributed by atoms with Gasteiger partial charge in [-0.05, 0) is 31.4 Å². The quantitative estimate of drug-likeness (QED) is 0.208. The molecule has 9 nitrogen and oxygen atoms in total. The predicted molar refractivity (Wildman–Crippen MR) is 141 cm³/mol. The first-order valence-corrected chi connectivity index (χ1v) is 13.5. The van der Waals surface area contributed by atoms with E-state index in [1.54, 1.807) is 31.3 Å². The van der Waals surface area contributed by atoms with Crippen LogP contribution in [-0.4, -0.2) is 44.9 Å². The number of hydrogen-bond acceptors (Lipinski definition) is 9. The number of nitrogens with zero attached hydrogens (tertiary/aromatic N) is 3. The van der Waals surface area contributed by atoms with Crippen LogP contribution in [0.25, 0.3) is 11.4 Å². The Morgan fingerprint density at radius 2 is 2.09 bits per heavy atom. The number of thioether (sulfide) groups is 1. The lowest BCUT2D eigenvalue weighted by Gasteiger charge is -2.08. The van der Waals surface area contributed by atoms with Crippen molar-refractivity contribution in [3.8, 4) is 11.4 Å². The molecule has 12 heteroatoms. The number of ether oxygens (including phenoxy) is 1. The van der Waals surface area contributed by atoms with E-state index in [2.05, 4.69) is 42.0 Å². The maximum Gasteiger partial charge on any atom is 0.341 e. The summed E-state index contributed by atoms with van der Waals surface area (Å²) < 4.78 is 6.99. The normalized spacial score (nSPS) is 11.0. The molecule has 0 fully saturated rings. The van der Waals surface area contributed by atoms with E-state index >= 15 is 0 Å². The smallest absolute Gasteiger partial charge is 0.341 e. The second-order valence-corrected chi connectivity index (χ2v) is 10.7. The van der Waals surface area contributed by atoms with E-state index in [9.17, 15) is 14.4 Å². The number of thiophene rings is 2. The van der Waals surface area contributed by atoms with Gasteiger partial charge in [0.1, 0.15) is 5.00 Å². The van der Waals surface area contributed by atoms with Gasteiger partial charge in [-0.1, -0.05) is 31.7 Å². The molecule has 0 unspecified atom stereocenters. The van der Waals surface area contributed by atoms with Gasteiger partial charge in [0.2, 0.25) is 5.91 Å². The molecule has 3 N–H and O–H groups in total. The Balaban J connectivity index is 1.78. The molecule has 0 saturated heterocycles. The van der Waals surface area contributed by atoms with Crippen molar-refractivity contribution in [2.24, 2.45) is 5.73 Å². The molecule has 0 aliphatic heterocycles. The summed E-state index contributed by atoms with van der Waals surface area (Å²) in [5.74, 6) is -0.528. The molecule has 35 heavy (non-hydrogen) atoms. The number of carbonyl (C=O) groups excluding carboxylic acids is 3. The van der Waals surface area contributed by atoms with Gasteiger partial charge in [0.25, 0.3) is 5.91 Å². The molecular weight excluding hydrogens is 506 g/mol. The zero-order valence-corrected chi connectivity index (χ0v) is 22.4. The van der Waals surface area contributed by atoms with Gasteiger partial charge in [-0.2, -0.15) is 0 Å². The summed E-state index contributed by atoms with van der Waals surface area (Å²) >= 11 is 3.84. The Morgan fingerprint density at radius 1 is 1.34 bits per heavy atom. The monoisotopic (exact) mass is 533 g/mol. The van der Waals surface area contributed by atoms with Crippen LogP contribution in [0.3, 0.4) is 0 Å². The minimum atomic E-state index is -0.674. The standard InChI is InChI=1S/C23H27N5O4S3/c1-6-8-28-20(14-9-15(12(3)4)33-10-14)26-27-23(28)34-11-16(29)25-21-17(22(31)32-7-2)13(5)18(35-21)19(24)30/h6,9-10,12H,1,7-8,11H2,2-5H3,(H2,24,30)(H,25,29). The molecule has 0 bridgehead atoms. The fourth-order valence-corrected chi connectivity index (χ4v) is 5.97. The van der Waals surface area contributed by atoms with Crippen LogP contribution in [0.15, 0.2) is 29.3 Å². The van der Waals surface area contributed by atoms with Gasteiger partial charge in [0, 0.05) is 22.4 Å². The number of aromatic nitrogens is 3. The summed E-state index contributed by atoms with van der Waals surface area (Å²) in [6, 6.07) is 2.10. The van der Waals surface area contributed by atoms with E-state index in [1.165, 1.54) is 16.6 Å². The third-order valence-corrected chi connectivity index (χ3v) is 8.33. The summed E-state index contributed by atoms with van der Waals surface area (Å²) in [6.45, 7) is 12.0. The van der Waals surface area contributed by atoms with Crippen LogP contribution in [0.5, 0.6) is 0 Å². The number of nitrogens with two attached hydrogens (primary N) is 1. The number of nitrogens with one attached hydrogen (secondary N) is 1. The third kappa shape index (κ3) is 6.00. The highest BCUT2D eigenvalue weighted by Crippen LogP contribution is 2.34. The molecule has 0 aliphatic rings. The number of esters is 1. The highest BCUT2D eigenvalue weighted by Gasteiger charge is 2.26. The lowest BCUT2D eigenvalue weighted by atomic mass is 10.1. The van der Waals surface area contributed by atoms with E-state index in [4.69, 9.17) is 10.5 Å². The van der Waals surface area contributed by atoms with Gasteiger partial charge >= 0.3 is 5.97 Å².